The van der Waals surface area contributed by atoms with Crippen molar-refractivity contribution < 1.29 is 18.9 Å². The fourth-order valence-electron chi connectivity index (χ4n) is 1.83. The third-order valence-corrected chi connectivity index (χ3v) is 2.54. The molecule has 0 spiro atoms. The van der Waals surface area contributed by atoms with Crippen LogP contribution in [0.1, 0.15) is 47.5 Å². The standard InChI is InChI=1S/C13H28O4/c1-6-13(16-9-4,17-10-5)11-12(14-7-2)15-8-3/h12H,6-11H2,1-5H3. The fourth-order valence-corrected chi connectivity index (χ4v) is 1.83. The van der Waals surface area contributed by atoms with Gasteiger partial charge in [0.05, 0.1) is 6.42 Å². The molecule has 0 rings (SSSR count). The summed E-state index contributed by atoms with van der Waals surface area (Å²) in [6, 6.07) is 0. The summed E-state index contributed by atoms with van der Waals surface area (Å²) in [7, 11) is 0. The monoisotopic (exact) mass is 248 g/mol. The third kappa shape index (κ3) is 6.36. The molecule has 0 aliphatic rings. The van der Waals surface area contributed by atoms with E-state index in [9.17, 15) is 0 Å². The lowest BCUT2D eigenvalue weighted by Gasteiger charge is -2.35. The average molecular weight is 248 g/mol. The molecule has 0 saturated carbocycles. The first-order valence-electron chi connectivity index (χ1n) is 6.69. The van der Waals surface area contributed by atoms with Gasteiger partial charge in [0.15, 0.2) is 12.1 Å². The van der Waals surface area contributed by atoms with Crippen LogP contribution in [0.15, 0.2) is 0 Å². The predicted molar refractivity (Wildman–Crippen MR) is 67.9 cm³/mol. The van der Waals surface area contributed by atoms with Crippen LogP contribution in [0.4, 0.5) is 0 Å². The van der Waals surface area contributed by atoms with Gasteiger partial charge in [-0.15, -0.1) is 0 Å². The normalized spacial score (nSPS) is 12.4. The second kappa shape index (κ2) is 9.83. The van der Waals surface area contributed by atoms with E-state index in [2.05, 4.69) is 6.92 Å². The van der Waals surface area contributed by atoms with Gasteiger partial charge in [0.25, 0.3) is 0 Å². The zero-order valence-electron chi connectivity index (χ0n) is 12.0. The van der Waals surface area contributed by atoms with Gasteiger partial charge < -0.3 is 18.9 Å². The van der Waals surface area contributed by atoms with Gasteiger partial charge in [-0.25, -0.2) is 0 Å². The van der Waals surface area contributed by atoms with Crippen molar-refractivity contribution in [1.29, 1.82) is 0 Å². The molecule has 4 nitrogen and oxygen atoms in total. The van der Waals surface area contributed by atoms with Crippen LogP contribution < -0.4 is 0 Å². The predicted octanol–water partition coefficient (Wildman–Crippen LogP) is 2.95. The maximum absolute atomic E-state index is 5.76. The summed E-state index contributed by atoms with van der Waals surface area (Å²) in [5.74, 6) is -0.585. The quantitative estimate of drug-likeness (QED) is 0.527. The van der Waals surface area contributed by atoms with E-state index in [1.54, 1.807) is 0 Å². The van der Waals surface area contributed by atoms with Gasteiger partial charge in [-0.3, -0.25) is 0 Å². The molecule has 0 radical (unpaired) electrons. The van der Waals surface area contributed by atoms with E-state index < -0.39 is 5.79 Å². The van der Waals surface area contributed by atoms with Crippen molar-refractivity contribution in [2.24, 2.45) is 0 Å². The van der Waals surface area contributed by atoms with E-state index >= 15 is 0 Å². The Kier molecular flexibility index (Phi) is 9.74. The summed E-state index contributed by atoms with van der Waals surface area (Å²) in [5.41, 5.74) is 0. The highest BCUT2D eigenvalue weighted by atomic mass is 16.7. The van der Waals surface area contributed by atoms with Crippen molar-refractivity contribution in [2.75, 3.05) is 26.4 Å². The third-order valence-electron chi connectivity index (χ3n) is 2.54. The molecule has 0 bridgehead atoms. The van der Waals surface area contributed by atoms with E-state index in [1.807, 2.05) is 27.7 Å². The van der Waals surface area contributed by atoms with Gasteiger partial charge in [-0.05, 0) is 34.1 Å². The molecule has 0 saturated heterocycles. The summed E-state index contributed by atoms with van der Waals surface area (Å²) in [4.78, 5) is 0. The molecule has 0 N–H and O–H groups in total. The van der Waals surface area contributed by atoms with Crippen molar-refractivity contribution in [3.63, 3.8) is 0 Å². The van der Waals surface area contributed by atoms with Gasteiger partial charge >= 0.3 is 0 Å². The van der Waals surface area contributed by atoms with E-state index in [0.717, 1.165) is 6.42 Å². The van der Waals surface area contributed by atoms with Gasteiger partial charge in [-0.2, -0.15) is 0 Å². The highest BCUT2D eigenvalue weighted by molar-refractivity contribution is 4.70. The van der Waals surface area contributed by atoms with Gasteiger partial charge in [0.2, 0.25) is 0 Å². The van der Waals surface area contributed by atoms with E-state index in [-0.39, 0.29) is 6.29 Å². The molecule has 0 aliphatic carbocycles. The lowest BCUT2D eigenvalue weighted by atomic mass is 10.1. The van der Waals surface area contributed by atoms with Crippen LogP contribution >= 0.6 is 0 Å². The second-order valence-corrected chi connectivity index (χ2v) is 3.67. The Labute approximate surface area is 106 Å². The topological polar surface area (TPSA) is 36.9 Å². The molecule has 0 heterocycles. The lowest BCUT2D eigenvalue weighted by molar-refractivity contribution is -0.275. The van der Waals surface area contributed by atoms with E-state index in [0.29, 0.717) is 32.8 Å². The molecule has 0 atom stereocenters. The molecule has 0 fully saturated rings. The van der Waals surface area contributed by atoms with Crippen molar-refractivity contribution in [3.05, 3.63) is 0 Å². The van der Waals surface area contributed by atoms with Crippen LogP contribution in [-0.2, 0) is 18.9 Å². The van der Waals surface area contributed by atoms with Crippen LogP contribution in [0.2, 0.25) is 0 Å². The number of hydrogen-bond donors (Lipinski definition) is 0. The first-order chi connectivity index (χ1) is 8.17. The molecule has 4 heteroatoms. The highest BCUT2D eigenvalue weighted by Crippen LogP contribution is 2.26. The fraction of sp³-hybridized carbons (Fsp3) is 1.00. The first-order valence-corrected chi connectivity index (χ1v) is 6.69. The van der Waals surface area contributed by atoms with Crippen molar-refractivity contribution in [2.45, 2.75) is 59.5 Å². The maximum Gasteiger partial charge on any atom is 0.172 e. The minimum atomic E-state index is -0.585. The van der Waals surface area contributed by atoms with Crippen molar-refractivity contribution in [3.8, 4) is 0 Å². The molecule has 0 aromatic heterocycles. The largest absolute Gasteiger partial charge is 0.353 e. The van der Waals surface area contributed by atoms with E-state index in [4.69, 9.17) is 18.9 Å². The smallest absolute Gasteiger partial charge is 0.172 e. The van der Waals surface area contributed by atoms with Crippen molar-refractivity contribution >= 4 is 0 Å². The summed E-state index contributed by atoms with van der Waals surface area (Å²) < 4.78 is 22.6. The Balaban J connectivity index is 4.53. The van der Waals surface area contributed by atoms with Gasteiger partial charge in [0.1, 0.15) is 0 Å². The SMILES string of the molecule is CCOC(CC(CC)(OCC)OCC)OCC. The molecular weight excluding hydrogens is 220 g/mol. The second-order valence-electron chi connectivity index (χ2n) is 3.67. The summed E-state index contributed by atoms with van der Waals surface area (Å²) in [6.07, 6.45) is 1.13. The highest BCUT2D eigenvalue weighted by Gasteiger charge is 2.33. The summed E-state index contributed by atoms with van der Waals surface area (Å²) in [5, 5.41) is 0. The number of hydrogen-bond acceptors (Lipinski definition) is 4. The molecular formula is C13H28O4. The maximum atomic E-state index is 5.76. The molecule has 0 aromatic rings. The van der Waals surface area contributed by atoms with Crippen LogP contribution in [0.25, 0.3) is 0 Å². The molecule has 0 amide bonds. The first kappa shape index (κ1) is 16.8. The Hall–Kier alpha value is -0.160. The zero-order chi connectivity index (χ0) is 13.1. The zero-order valence-corrected chi connectivity index (χ0v) is 12.0. The minimum Gasteiger partial charge on any atom is -0.353 e. The summed E-state index contributed by atoms with van der Waals surface area (Å²) in [6.45, 7) is 12.4. The Bertz CT molecular complexity index is 161. The number of ether oxygens (including phenoxy) is 4. The Morgan fingerprint density at radius 3 is 1.53 bits per heavy atom. The Morgan fingerprint density at radius 1 is 0.765 bits per heavy atom. The Morgan fingerprint density at radius 2 is 1.24 bits per heavy atom. The minimum absolute atomic E-state index is 0.261. The van der Waals surface area contributed by atoms with Crippen LogP contribution in [0, 0.1) is 0 Å². The molecule has 0 aliphatic heterocycles. The molecule has 0 aromatic carbocycles. The number of rotatable bonds is 11. The van der Waals surface area contributed by atoms with Crippen molar-refractivity contribution in [1.82, 2.24) is 0 Å². The van der Waals surface area contributed by atoms with Crippen LogP contribution in [0.5, 0.6) is 0 Å². The molecule has 17 heavy (non-hydrogen) atoms. The van der Waals surface area contributed by atoms with Crippen LogP contribution in [-0.4, -0.2) is 38.5 Å². The van der Waals surface area contributed by atoms with Crippen LogP contribution in [0.3, 0.4) is 0 Å². The van der Waals surface area contributed by atoms with Gasteiger partial charge in [-0.1, -0.05) is 6.92 Å². The van der Waals surface area contributed by atoms with E-state index in [1.165, 1.54) is 0 Å². The lowest BCUT2D eigenvalue weighted by Crippen LogP contribution is -2.40. The average Bonchev–Trinajstić information content (AvgIpc) is 2.30. The molecule has 104 valence electrons. The summed E-state index contributed by atoms with van der Waals surface area (Å²) >= 11 is 0. The molecule has 0 unspecified atom stereocenters. The van der Waals surface area contributed by atoms with Gasteiger partial charge in [0, 0.05) is 26.4 Å².